The van der Waals surface area contributed by atoms with Crippen LogP contribution in [0, 0.1) is 0 Å². The van der Waals surface area contributed by atoms with Crippen molar-refractivity contribution in [3.8, 4) is 0 Å². The summed E-state index contributed by atoms with van der Waals surface area (Å²) >= 11 is 5.95. The fraction of sp³-hybridized carbons (Fsp3) is 0.364. The molecule has 1 N–H and O–H groups in total. The second-order valence-corrected chi connectivity index (χ2v) is 5.46. The first kappa shape index (κ1) is 11.8. The number of nitrogens with one attached hydrogen (secondary N) is 1. The van der Waals surface area contributed by atoms with Gasteiger partial charge in [0.25, 0.3) is 0 Å². The number of aliphatic imine (C=N–C) groups is 1. The smallest absolute Gasteiger partial charge is 0.0855 e. The van der Waals surface area contributed by atoms with Crippen LogP contribution in [0.2, 0.25) is 5.02 Å². The van der Waals surface area contributed by atoms with Gasteiger partial charge in [-0.3, -0.25) is 9.89 Å². The molecule has 1 aromatic carbocycles. The predicted octanol–water partition coefficient (Wildman–Crippen LogP) is 2.99. The van der Waals surface area contributed by atoms with Crippen molar-refractivity contribution in [1.82, 2.24) is 4.90 Å². The molecule has 86 valence electrons. The third-order valence-electron chi connectivity index (χ3n) is 2.56. The van der Waals surface area contributed by atoms with E-state index in [1.165, 1.54) is 19.0 Å². The topological polar surface area (TPSA) is 27.6 Å². The number of hydrogen-bond acceptors (Lipinski definition) is 3. The molecule has 0 bridgehead atoms. The third kappa shape index (κ3) is 2.94. The van der Waals surface area contributed by atoms with E-state index in [1.807, 2.05) is 18.2 Å². The predicted molar refractivity (Wildman–Crippen MR) is 73.9 cm³/mol. The van der Waals surface area contributed by atoms with E-state index in [0.29, 0.717) is 0 Å². The summed E-state index contributed by atoms with van der Waals surface area (Å²) in [6.07, 6.45) is 2.52. The number of nitrogens with zero attached hydrogens (tertiary/aromatic N) is 2. The van der Waals surface area contributed by atoms with Crippen LogP contribution in [-0.4, -0.2) is 37.3 Å². The SMILES string of the molecule is C=Nc1ccc(Cl)cc1NCN1CCPC1. The largest absolute Gasteiger partial charge is 0.370 e. The number of anilines is 1. The van der Waals surface area contributed by atoms with Crippen molar-refractivity contribution >= 4 is 38.3 Å². The molecule has 0 aliphatic carbocycles. The van der Waals surface area contributed by atoms with E-state index in [1.54, 1.807) is 0 Å². The van der Waals surface area contributed by atoms with E-state index >= 15 is 0 Å². The second-order valence-electron chi connectivity index (χ2n) is 3.71. The molecule has 1 heterocycles. The molecule has 1 fully saturated rings. The molecule has 1 aromatic rings. The summed E-state index contributed by atoms with van der Waals surface area (Å²) < 4.78 is 0. The number of benzene rings is 1. The Hall–Kier alpha value is -0.630. The second kappa shape index (κ2) is 5.62. The molecule has 1 aliphatic heterocycles. The van der Waals surface area contributed by atoms with Crippen LogP contribution in [0.25, 0.3) is 0 Å². The summed E-state index contributed by atoms with van der Waals surface area (Å²) in [6.45, 7) is 5.60. The quantitative estimate of drug-likeness (QED) is 0.662. The maximum Gasteiger partial charge on any atom is 0.0855 e. The first-order valence-electron chi connectivity index (χ1n) is 5.23. The Bertz CT molecular complexity index is 377. The van der Waals surface area contributed by atoms with Gasteiger partial charge in [-0.15, -0.1) is 8.58 Å². The molecule has 0 radical (unpaired) electrons. The molecular weight excluding hydrogens is 241 g/mol. The van der Waals surface area contributed by atoms with E-state index < -0.39 is 0 Å². The van der Waals surface area contributed by atoms with Crippen molar-refractivity contribution in [2.24, 2.45) is 4.99 Å². The maximum atomic E-state index is 5.95. The van der Waals surface area contributed by atoms with Gasteiger partial charge >= 0.3 is 0 Å². The van der Waals surface area contributed by atoms with Gasteiger partial charge in [0.15, 0.2) is 0 Å². The number of hydrogen-bond donors (Lipinski definition) is 1. The Morgan fingerprint density at radius 2 is 2.44 bits per heavy atom. The number of rotatable bonds is 4. The van der Waals surface area contributed by atoms with Gasteiger partial charge in [0, 0.05) is 17.9 Å². The van der Waals surface area contributed by atoms with Crippen molar-refractivity contribution in [2.45, 2.75) is 0 Å². The molecule has 1 atom stereocenters. The molecule has 3 nitrogen and oxygen atoms in total. The molecule has 1 unspecified atom stereocenters. The molecule has 5 heteroatoms. The van der Waals surface area contributed by atoms with Gasteiger partial charge < -0.3 is 5.32 Å². The highest BCUT2D eigenvalue weighted by Gasteiger charge is 2.11. The normalized spacial score (nSPS) is 17.8. The monoisotopic (exact) mass is 255 g/mol. The van der Waals surface area contributed by atoms with E-state index in [0.717, 1.165) is 31.6 Å². The van der Waals surface area contributed by atoms with E-state index in [-0.39, 0.29) is 0 Å². The van der Waals surface area contributed by atoms with Crippen LogP contribution >= 0.6 is 20.2 Å². The Kier molecular flexibility index (Phi) is 4.16. The third-order valence-corrected chi connectivity index (χ3v) is 4.05. The van der Waals surface area contributed by atoms with Crippen LogP contribution in [0.5, 0.6) is 0 Å². The minimum Gasteiger partial charge on any atom is -0.370 e. The summed E-state index contributed by atoms with van der Waals surface area (Å²) in [7, 11) is 1.08. The van der Waals surface area contributed by atoms with Gasteiger partial charge in [0.1, 0.15) is 0 Å². The highest BCUT2D eigenvalue weighted by Crippen LogP contribution is 2.28. The lowest BCUT2D eigenvalue weighted by Crippen LogP contribution is -2.26. The fourth-order valence-electron chi connectivity index (χ4n) is 1.67. The Balaban J connectivity index is 2.01. The average molecular weight is 256 g/mol. The average Bonchev–Trinajstić information content (AvgIpc) is 2.79. The van der Waals surface area contributed by atoms with Gasteiger partial charge in [0.2, 0.25) is 0 Å². The van der Waals surface area contributed by atoms with Gasteiger partial charge in [-0.05, 0) is 31.1 Å². The summed E-state index contributed by atoms with van der Waals surface area (Å²) in [5, 5.41) is 4.08. The summed E-state index contributed by atoms with van der Waals surface area (Å²) in [4.78, 5) is 6.36. The molecule has 0 saturated carbocycles. The minimum atomic E-state index is 0.721. The van der Waals surface area contributed by atoms with Crippen molar-refractivity contribution in [3.05, 3.63) is 23.2 Å². The Morgan fingerprint density at radius 1 is 1.56 bits per heavy atom. The zero-order valence-electron chi connectivity index (χ0n) is 9.04. The highest BCUT2D eigenvalue weighted by molar-refractivity contribution is 7.38. The van der Waals surface area contributed by atoms with Crippen LogP contribution in [0.15, 0.2) is 23.2 Å². The first-order valence-corrected chi connectivity index (χ1v) is 7.02. The maximum absolute atomic E-state index is 5.95. The van der Waals surface area contributed by atoms with Crippen LogP contribution < -0.4 is 5.32 Å². The van der Waals surface area contributed by atoms with E-state index in [4.69, 9.17) is 11.6 Å². The van der Waals surface area contributed by atoms with E-state index in [2.05, 4.69) is 21.9 Å². The Labute approximate surface area is 103 Å². The standard InChI is InChI=1S/C11H15ClN3P/c1-13-10-3-2-9(12)6-11(10)14-7-15-4-5-16-8-15/h2-3,6,14,16H,1,4-5,7-8H2. The van der Waals surface area contributed by atoms with Crippen LogP contribution in [0.3, 0.4) is 0 Å². The summed E-state index contributed by atoms with van der Waals surface area (Å²) in [5.74, 6) is 0. The number of halogens is 1. The lowest BCUT2D eigenvalue weighted by molar-refractivity contribution is 0.382. The van der Waals surface area contributed by atoms with Gasteiger partial charge in [-0.1, -0.05) is 11.6 Å². The summed E-state index contributed by atoms with van der Waals surface area (Å²) in [5.41, 5.74) is 1.81. The van der Waals surface area contributed by atoms with Crippen LogP contribution in [0.4, 0.5) is 11.4 Å². The zero-order chi connectivity index (χ0) is 11.4. The summed E-state index contributed by atoms with van der Waals surface area (Å²) in [6, 6.07) is 5.60. The molecule has 2 rings (SSSR count). The minimum absolute atomic E-state index is 0.721. The van der Waals surface area contributed by atoms with Crippen molar-refractivity contribution in [1.29, 1.82) is 0 Å². The highest BCUT2D eigenvalue weighted by atomic mass is 35.5. The van der Waals surface area contributed by atoms with Gasteiger partial charge in [0.05, 0.1) is 18.0 Å². The molecular formula is C11H15ClN3P. The Morgan fingerprint density at radius 3 is 3.12 bits per heavy atom. The lowest BCUT2D eigenvalue weighted by atomic mass is 10.2. The van der Waals surface area contributed by atoms with Gasteiger partial charge in [-0.2, -0.15) is 0 Å². The molecule has 0 aromatic heterocycles. The molecule has 1 saturated heterocycles. The zero-order valence-corrected chi connectivity index (χ0v) is 10.8. The van der Waals surface area contributed by atoms with Crippen LogP contribution in [0.1, 0.15) is 0 Å². The van der Waals surface area contributed by atoms with Crippen molar-refractivity contribution in [3.63, 3.8) is 0 Å². The molecule has 0 amide bonds. The lowest BCUT2D eigenvalue weighted by Gasteiger charge is -2.17. The fourth-order valence-corrected chi connectivity index (χ4v) is 3.06. The van der Waals surface area contributed by atoms with Gasteiger partial charge in [-0.25, -0.2) is 0 Å². The van der Waals surface area contributed by atoms with Crippen molar-refractivity contribution in [2.75, 3.05) is 31.0 Å². The first-order chi connectivity index (χ1) is 7.79. The van der Waals surface area contributed by atoms with E-state index in [9.17, 15) is 0 Å². The van der Waals surface area contributed by atoms with Crippen molar-refractivity contribution < 1.29 is 0 Å². The van der Waals surface area contributed by atoms with Crippen LogP contribution in [-0.2, 0) is 0 Å². The molecule has 0 spiro atoms. The molecule has 16 heavy (non-hydrogen) atoms. The molecule has 1 aliphatic rings.